The van der Waals surface area contributed by atoms with E-state index in [1.807, 2.05) is 20.8 Å². The Morgan fingerprint density at radius 3 is 2.06 bits per heavy atom. The Bertz CT molecular complexity index is 224. The van der Waals surface area contributed by atoms with E-state index in [9.17, 15) is 4.79 Å². The summed E-state index contributed by atoms with van der Waals surface area (Å²) >= 11 is 0. The van der Waals surface area contributed by atoms with E-state index in [2.05, 4.69) is 20.8 Å². The molecule has 0 aliphatic heterocycles. The molecular weight excluding hydrogens is 212 g/mol. The molecule has 0 heterocycles. The number of ether oxygens (including phenoxy) is 1. The quantitative estimate of drug-likeness (QED) is 0.477. The molecule has 0 unspecified atom stereocenters. The maximum absolute atomic E-state index is 11.6. The summed E-state index contributed by atoms with van der Waals surface area (Å²) in [6, 6.07) is 0. The highest BCUT2D eigenvalue weighted by atomic mass is 16.6. The van der Waals surface area contributed by atoms with Crippen molar-refractivity contribution in [2.75, 3.05) is 0 Å². The first-order chi connectivity index (χ1) is 7.66. The Kier molecular flexibility index (Phi) is 6.81. The van der Waals surface area contributed by atoms with Crippen LogP contribution in [0.2, 0.25) is 0 Å². The van der Waals surface area contributed by atoms with Crippen LogP contribution < -0.4 is 0 Å². The first kappa shape index (κ1) is 16.5. The van der Waals surface area contributed by atoms with Crippen LogP contribution in [-0.2, 0) is 9.53 Å². The molecule has 0 saturated carbocycles. The minimum Gasteiger partial charge on any atom is -0.460 e. The Balaban J connectivity index is 3.59. The van der Waals surface area contributed by atoms with Crippen LogP contribution >= 0.6 is 0 Å². The predicted octanol–water partition coefficient (Wildman–Crippen LogP) is 4.71. The van der Waals surface area contributed by atoms with Gasteiger partial charge in [-0.25, -0.2) is 0 Å². The maximum Gasteiger partial charge on any atom is 0.306 e. The molecule has 0 spiro atoms. The summed E-state index contributed by atoms with van der Waals surface area (Å²) in [6.45, 7) is 12.7. The molecule has 0 radical (unpaired) electrons. The smallest absolute Gasteiger partial charge is 0.306 e. The van der Waals surface area contributed by atoms with Gasteiger partial charge in [-0.2, -0.15) is 0 Å². The second-order valence-electron chi connectivity index (χ2n) is 6.71. The van der Waals surface area contributed by atoms with Crippen molar-refractivity contribution in [1.29, 1.82) is 0 Å². The van der Waals surface area contributed by atoms with Gasteiger partial charge in [0.2, 0.25) is 0 Å². The first-order valence-electron chi connectivity index (χ1n) is 6.88. The van der Waals surface area contributed by atoms with Crippen molar-refractivity contribution in [1.82, 2.24) is 0 Å². The molecule has 0 fully saturated rings. The molecule has 0 aromatic rings. The van der Waals surface area contributed by atoms with Crippen molar-refractivity contribution in [2.24, 2.45) is 5.41 Å². The van der Waals surface area contributed by atoms with Crippen LogP contribution in [0.1, 0.15) is 80.1 Å². The molecule has 2 nitrogen and oxygen atoms in total. The molecular formula is C15H30O2. The second kappa shape index (κ2) is 7.03. The third-order valence-corrected chi connectivity index (χ3v) is 3.05. The van der Waals surface area contributed by atoms with Crippen molar-refractivity contribution >= 4 is 5.97 Å². The molecule has 0 bridgehead atoms. The van der Waals surface area contributed by atoms with Crippen molar-refractivity contribution in [3.05, 3.63) is 0 Å². The van der Waals surface area contributed by atoms with Crippen molar-refractivity contribution in [3.8, 4) is 0 Å². The van der Waals surface area contributed by atoms with Gasteiger partial charge in [-0.15, -0.1) is 0 Å². The maximum atomic E-state index is 11.6. The minimum atomic E-state index is -0.303. The molecule has 17 heavy (non-hydrogen) atoms. The Morgan fingerprint density at radius 1 is 1.00 bits per heavy atom. The van der Waals surface area contributed by atoms with Gasteiger partial charge in [0.25, 0.3) is 0 Å². The lowest BCUT2D eigenvalue weighted by molar-refractivity contribution is -0.156. The van der Waals surface area contributed by atoms with Crippen molar-refractivity contribution in [3.63, 3.8) is 0 Å². The Morgan fingerprint density at radius 2 is 1.59 bits per heavy atom. The minimum absolute atomic E-state index is 0.0485. The van der Waals surface area contributed by atoms with Gasteiger partial charge in [0.05, 0.1) is 0 Å². The van der Waals surface area contributed by atoms with E-state index >= 15 is 0 Å². The summed E-state index contributed by atoms with van der Waals surface area (Å²) in [4.78, 5) is 11.6. The van der Waals surface area contributed by atoms with Crippen LogP contribution in [0.5, 0.6) is 0 Å². The summed E-state index contributed by atoms with van der Waals surface area (Å²) in [5.74, 6) is -0.0485. The Labute approximate surface area is 107 Å². The molecule has 0 amide bonds. The highest BCUT2D eigenvalue weighted by molar-refractivity contribution is 5.69. The average Bonchev–Trinajstić information content (AvgIpc) is 2.14. The Hall–Kier alpha value is -0.530. The van der Waals surface area contributed by atoms with Crippen LogP contribution in [0.25, 0.3) is 0 Å². The topological polar surface area (TPSA) is 26.3 Å². The van der Waals surface area contributed by atoms with Crippen molar-refractivity contribution < 1.29 is 9.53 Å². The molecule has 0 saturated heterocycles. The van der Waals surface area contributed by atoms with E-state index in [1.165, 1.54) is 12.8 Å². The summed E-state index contributed by atoms with van der Waals surface area (Å²) in [7, 11) is 0. The number of unbranched alkanes of at least 4 members (excludes halogenated alkanes) is 2. The van der Waals surface area contributed by atoms with Crippen molar-refractivity contribution in [2.45, 2.75) is 85.7 Å². The number of hydrogen-bond donors (Lipinski definition) is 0. The highest BCUT2D eigenvalue weighted by Crippen LogP contribution is 2.22. The van der Waals surface area contributed by atoms with Gasteiger partial charge in [-0.1, -0.05) is 40.5 Å². The molecule has 0 rings (SSSR count). The third-order valence-electron chi connectivity index (χ3n) is 3.05. The zero-order chi connectivity index (χ0) is 13.5. The fraction of sp³-hybridized carbons (Fsp3) is 0.933. The number of rotatable bonds is 7. The summed E-state index contributed by atoms with van der Waals surface area (Å²) in [6.07, 6.45) is 5.93. The van der Waals surface area contributed by atoms with Crippen LogP contribution in [-0.4, -0.2) is 11.6 Å². The molecule has 2 heteroatoms. The van der Waals surface area contributed by atoms with Crippen LogP contribution in [0.4, 0.5) is 0 Å². The van der Waals surface area contributed by atoms with E-state index in [1.54, 1.807) is 0 Å². The van der Waals surface area contributed by atoms with Gasteiger partial charge in [-0.05, 0) is 38.5 Å². The van der Waals surface area contributed by atoms with Crippen LogP contribution in [0.3, 0.4) is 0 Å². The van der Waals surface area contributed by atoms with Gasteiger partial charge in [0, 0.05) is 6.42 Å². The first-order valence-corrected chi connectivity index (χ1v) is 6.88. The zero-order valence-corrected chi connectivity index (χ0v) is 12.6. The second-order valence-corrected chi connectivity index (χ2v) is 6.71. The lowest BCUT2D eigenvalue weighted by atomic mass is 9.89. The lowest BCUT2D eigenvalue weighted by Gasteiger charge is -2.23. The zero-order valence-electron chi connectivity index (χ0n) is 12.6. The summed E-state index contributed by atoms with van der Waals surface area (Å²) in [5.41, 5.74) is 0.104. The normalized spacial score (nSPS) is 12.6. The predicted molar refractivity (Wildman–Crippen MR) is 73.0 cm³/mol. The largest absolute Gasteiger partial charge is 0.460 e. The van der Waals surface area contributed by atoms with E-state index < -0.39 is 0 Å². The van der Waals surface area contributed by atoms with E-state index in [4.69, 9.17) is 4.74 Å². The van der Waals surface area contributed by atoms with Gasteiger partial charge in [0.15, 0.2) is 0 Å². The van der Waals surface area contributed by atoms with E-state index in [0.29, 0.717) is 11.8 Å². The van der Waals surface area contributed by atoms with E-state index in [-0.39, 0.29) is 11.6 Å². The molecule has 0 atom stereocenters. The molecule has 0 aliphatic carbocycles. The molecule has 102 valence electrons. The van der Waals surface area contributed by atoms with Gasteiger partial charge in [0.1, 0.15) is 5.60 Å². The fourth-order valence-electron chi connectivity index (χ4n) is 1.53. The molecule has 0 aliphatic rings. The SMILES string of the molecule is CCC(C)(C)OC(=O)CCCCCC(C)(C)C. The van der Waals surface area contributed by atoms with Crippen LogP contribution in [0.15, 0.2) is 0 Å². The number of hydrogen-bond acceptors (Lipinski definition) is 2. The van der Waals surface area contributed by atoms with E-state index in [0.717, 1.165) is 19.3 Å². The third kappa shape index (κ3) is 10.3. The van der Waals surface area contributed by atoms with Gasteiger partial charge in [-0.3, -0.25) is 4.79 Å². The standard InChI is InChI=1S/C15H30O2/c1-7-15(5,6)17-13(16)11-9-8-10-12-14(2,3)4/h7-12H2,1-6H3. The number of esters is 1. The fourth-order valence-corrected chi connectivity index (χ4v) is 1.53. The lowest BCUT2D eigenvalue weighted by Crippen LogP contribution is -2.26. The average molecular weight is 242 g/mol. The summed E-state index contributed by atoms with van der Waals surface area (Å²) in [5, 5.41) is 0. The molecule has 0 aromatic carbocycles. The number of carbonyl (C=O) groups excluding carboxylic acids is 1. The highest BCUT2D eigenvalue weighted by Gasteiger charge is 2.19. The summed E-state index contributed by atoms with van der Waals surface area (Å²) < 4.78 is 5.40. The molecule has 0 aromatic heterocycles. The molecule has 0 N–H and O–H groups in total. The van der Waals surface area contributed by atoms with Gasteiger partial charge < -0.3 is 4.74 Å². The van der Waals surface area contributed by atoms with Gasteiger partial charge >= 0.3 is 5.97 Å². The van der Waals surface area contributed by atoms with Crippen LogP contribution in [0, 0.1) is 5.41 Å². The monoisotopic (exact) mass is 242 g/mol. The number of carbonyl (C=O) groups is 1.